The number of aromatic nitrogens is 2. The van der Waals surface area contributed by atoms with Crippen molar-refractivity contribution in [2.24, 2.45) is 0 Å². The normalized spacial score (nSPS) is 20.3. The topological polar surface area (TPSA) is 93.7 Å². The Bertz CT molecular complexity index is 1050. The zero-order valence-corrected chi connectivity index (χ0v) is 20.4. The van der Waals surface area contributed by atoms with Gasteiger partial charge in [-0.3, -0.25) is 9.11 Å². The summed E-state index contributed by atoms with van der Waals surface area (Å²) < 4.78 is 55.5. The van der Waals surface area contributed by atoms with Gasteiger partial charge < -0.3 is 19.5 Å². The predicted molar refractivity (Wildman–Crippen MR) is 126 cm³/mol. The number of hydrogen-bond acceptors (Lipinski definition) is 8. The largest absolute Gasteiger partial charge is 0.771 e. The van der Waals surface area contributed by atoms with Crippen LogP contribution in [0.25, 0.3) is 0 Å². The number of ether oxygens (including phenoxy) is 1. The van der Waals surface area contributed by atoms with Crippen LogP contribution in [0.1, 0.15) is 51.0 Å². The van der Waals surface area contributed by atoms with E-state index in [1.807, 2.05) is 25.7 Å². The Kier molecular flexibility index (Phi) is 7.63. The Hall–Kier alpha value is -2.37. The zero-order chi connectivity index (χ0) is 24.4. The average molecular weight is 495 g/mol. The Morgan fingerprint density at radius 3 is 2.62 bits per heavy atom. The molecule has 2 unspecified atom stereocenters. The van der Waals surface area contributed by atoms with E-state index >= 15 is 0 Å². The van der Waals surface area contributed by atoms with Gasteiger partial charge in [0.2, 0.25) is 0 Å². The summed E-state index contributed by atoms with van der Waals surface area (Å²) in [5.74, 6) is 0.127. The van der Waals surface area contributed by atoms with Gasteiger partial charge in [-0.15, -0.1) is 0 Å². The van der Waals surface area contributed by atoms with Crippen LogP contribution in [0.3, 0.4) is 0 Å². The molecule has 2 aromatic rings. The summed E-state index contributed by atoms with van der Waals surface area (Å²) in [6.07, 6.45) is 1.74. The number of benzene rings is 1. The molecule has 8 nitrogen and oxygen atoms in total. The predicted octanol–water partition coefficient (Wildman–Crippen LogP) is 3.38. The molecule has 1 N–H and O–H groups in total. The third-order valence-corrected chi connectivity index (χ3v) is 6.73. The van der Waals surface area contributed by atoms with Crippen molar-refractivity contribution in [1.29, 1.82) is 0 Å². The molecule has 0 bridgehead atoms. The summed E-state index contributed by atoms with van der Waals surface area (Å²) in [7, 11) is 0. The third kappa shape index (κ3) is 5.64. The molecule has 0 saturated carbocycles. The lowest BCUT2D eigenvalue weighted by molar-refractivity contribution is 0.163. The van der Waals surface area contributed by atoms with E-state index in [1.54, 1.807) is 0 Å². The van der Waals surface area contributed by atoms with Crippen molar-refractivity contribution in [1.82, 2.24) is 14.9 Å². The molecule has 34 heavy (non-hydrogen) atoms. The van der Waals surface area contributed by atoms with Crippen LogP contribution in [0.4, 0.5) is 20.4 Å². The molecular formula is C23H30F2N5O3S-. The van der Waals surface area contributed by atoms with Gasteiger partial charge in [0.15, 0.2) is 23.2 Å². The molecule has 1 aromatic carbocycles. The second-order valence-corrected chi connectivity index (χ2v) is 9.94. The number of halogens is 2. The monoisotopic (exact) mass is 494 g/mol. The van der Waals surface area contributed by atoms with E-state index < -0.39 is 22.7 Å². The molecule has 1 aromatic heterocycles. The van der Waals surface area contributed by atoms with E-state index in [9.17, 15) is 17.5 Å². The number of nitrogens with one attached hydrogen (secondary N) is 1. The lowest BCUT2D eigenvalue weighted by Gasteiger charge is -2.37. The smallest absolute Gasteiger partial charge is 0.172 e. The molecule has 2 aliphatic rings. The van der Waals surface area contributed by atoms with Crippen LogP contribution in [0.15, 0.2) is 18.2 Å². The highest BCUT2D eigenvalue weighted by atomic mass is 32.2. The highest BCUT2D eigenvalue weighted by Crippen LogP contribution is 2.34. The maximum atomic E-state index is 14.0. The van der Waals surface area contributed by atoms with Crippen molar-refractivity contribution in [3.8, 4) is 5.75 Å². The molecule has 2 atom stereocenters. The fourth-order valence-electron chi connectivity index (χ4n) is 4.45. The number of hydrogen-bond donors (Lipinski definition) is 1. The van der Waals surface area contributed by atoms with Crippen LogP contribution in [0.5, 0.6) is 5.75 Å². The number of anilines is 2. The van der Waals surface area contributed by atoms with Gasteiger partial charge in [0.1, 0.15) is 11.9 Å². The molecule has 2 aliphatic heterocycles. The molecule has 0 aliphatic carbocycles. The lowest BCUT2D eigenvalue weighted by Crippen LogP contribution is -2.41. The molecule has 3 heterocycles. The summed E-state index contributed by atoms with van der Waals surface area (Å²) >= 11 is -2.16. The first-order chi connectivity index (χ1) is 16.2. The number of fused-ring (bicyclic) bond motifs is 1. The summed E-state index contributed by atoms with van der Waals surface area (Å²) in [5, 5.41) is 3.40. The Morgan fingerprint density at radius 2 is 1.97 bits per heavy atom. The SMILES string of the molecule is CC(C)Nc1nc2c(nc1N1CCC(Oc3ccc(F)cc3F)CC1)C(C)N(CS(=O)[O-])CC2. The second kappa shape index (κ2) is 10.5. The minimum Gasteiger partial charge on any atom is -0.771 e. The summed E-state index contributed by atoms with van der Waals surface area (Å²) in [5.41, 5.74) is 1.69. The highest BCUT2D eigenvalue weighted by molar-refractivity contribution is 7.79. The summed E-state index contributed by atoms with van der Waals surface area (Å²) in [6, 6.07) is 3.33. The summed E-state index contributed by atoms with van der Waals surface area (Å²) in [6.45, 7) is 7.91. The Labute approximate surface area is 201 Å². The maximum Gasteiger partial charge on any atom is 0.172 e. The van der Waals surface area contributed by atoms with Crippen molar-refractivity contribution in [3.63, 3.8) is 0 Å². The summed E-state index contributed by atoms with van der Waals surface area (Å²) in [4.78, 5) is 13.9. The molecule has 0 radical (unpaired) electrons. The molecule has 1 fully saturated rings. The van der Waals surface area contributed by atoms with Gasteiger partial charge in [-0.1, -0.05) is 0 Å². The quantitative estimate of drug-likeness (QED) is 0.586. The first-order valence-electron chi connectivity index (χ1n) is 11.5. The van der Waals surface area contributed by atoms with Crippen LogP contribution in [0, 0.1) is 11.6 Å². The van der Waals surface area contributed by atoms with E-state index in [1.165, 1.54) is 12.1 Å². The van der Waals surface area contributed by atoms with Gasteiger partial charge >= 0.3 is 0 Å². The van der Waals surface area contributed by atoms with E-state index in [2.05, 4.69) is 10.2 Å². The van der Waals surface area contributed by atoms with Crippen LogP contribution >= 0.6 is 0 Å². The molecule has 11 heteroatoms. The van der Waals surface area contributed by atoms with Gasteiger partial charge in [-0.2, -0.15) is 0 Å². The highest BCUT2D eigenvalue weighted by Gasteiger charge is 2.31. The molecule has 1 saturated heterocycles. The second-order valence-electron chi connectivity index (χ2n) is 9.08. The van der Waals surface area contributed by atoms with Gasteiger partial charge in [0.25, 0.3) is 0 Å². The first-order valence-corrected chi connectivity index (χ1v) is 12.8. The number of piperidine rings is 1. The van der Waals surface area contributed by atoms with Crippen molar-refractivity contribution < 1.29 is 22.3 Å². The fourth-order valence-corrected chi connectivity index (χ4v) is 5.07. The van der Waals surface area contributed by atoms with Crippen molar-refractivity contribution in [2.75, 3.05) is 35.7 Å². The minimum absolute atomic E-state index is 0.0354. The van der Waals surface area contributed by atoms with E-state index in [4.69, 9.17) is 14.7 Å². The molecular weight excluding hydrogens is 464 g/mol. The van der Waals surface area contributed by atoms with Gasteiger partial charge in [-0.05, 0) is 44.0 Å². The molecule has 0 spiro atoms. The number of rotatable bonds is 7. The van der Waals surface area contributed by atoms with Crippen LogP contribution < -0.4 is 15.0 Å². The van der Waals surface area contributed by atoms with Crippen LogP contribution in [0.2, 0.25) is 0 Å². The first kappa shape index (κ1) is 24.7. The third-order valence-electron chi connectivity index (χ3n) is 6.19. The molecule has 0 amide bonds. The minimum atomic E-state index is -2.16. The Morgan fingerprint density at radius 1 is 1.24 bits per heavy atom. The zero-order valence-electron chi connectivity index (χ0n) is 19.6. The van der Waals surface area contributed by atoms with Crippen LogP contribution in [-0.2, 0) is 17.5 Å². The van der Waals surface area contributed by atoms with Gasteiger partial charge in [0, 0.05) is 51.0 Å². The Balaban J connectivity index is 1.52. The van der Waals surface area contributed by atoms with E-state index in [0.717, 1.165) is 23.3 Å². The van der Waals surface area contributed by atoms with Crippen molar-refractivity contribution in [3.05, 3.63) is 41.2 Å². The van der Waals surface area contributed by atoms with Crippen LogP contribution in [-0.4, -0.2) is 61.3 Å². The van der Waals surface area contributed by atoms with Gasteiger partial charge in [-0.25, -0.2) is 18.7 Å². The average Bonchev–Trinajstić information content (AvgIpc) is 2.77. The fraction of sp³-hybridized carbons (Fsp3) is 0.565. The molecule has 186 valence electrons. The van der Waals surface area contributed by atoms with E-state index in [0.29, 0.717) is 44.7 Å². The maximum absolute atomic E-state index is 14.0. The van der Waals surface area contributed by atoms with Crippen molar-refractivity contribution in [2.45, 2.75) is 58.2 Å². The standard InChI is InChI=1S/C23H31F2N5O3S/c1-14(2)26-22-23(28-21-15(3)30(13-34(31)32)11-8-19(21)27-22)29-9-6-17(7-10-29)33-20-5-4-16(24)12-18(20)25/h4-5,12,14-15,17H,6-11,13H2,1-3H3,(H,26,27)(H,31,32)/p-1. The van der Waals surface area contributed by atoms with Gasteiger partial charge in [0.05, 0.1) is 23.3 Å². The number of nitrogens with zero attached hydrogens (tertiary/aromatic N) is 4. The lowest BCUT2D eigenvalue weighted by atomic mass is 10.0. The van der Waals surface area contributed by atoms with Crippen molar-refractivity contribution >= 4 is 22.7 Å². The molecule has 4 rings (SSSR count). The van der Waals surface area contributed by atoms with E-state index in [-0.39, 0.29) is 29.8 Å².